The van der Waals surface area contributed by atoms with E-state index in [1.807, 2.05) is 0 Å². The molecule has 0 fully saturated rings. The van der Waals surface area contributed by atoms with E-state index in [0.29, 0.717) is 0 Å². The van der Waals surface area contributed by atoms with E-state index in [4.69, 9.17) is 0 Å². The molecular formula is C65H44N2. The summed E-state index contributed by atoms with van der Waals surface area (Å²) in [5.41, 5.74) is 18.7. The quantitative estimate of drug-likeness (QED) is 0.148. The molecule has 1 heterocycles. The third-order valence-electron chi connectivity index (χ3n) is 14.1. The summed E-state index contributed by atoms with van der Waals surface area (Å²) in [6, 6.07) is 98.0. The molecule has 1 aliphatic carbocycles. The van der Waals surface area contributed by atoms with Crippen LogP contribution in [0.1, 0.15) is 22.3 Å². The predicted molar refractivity (Wildman–Crippen MR) is 281 cm³/mol. The SMILES string of the molecule is c1ccc(N(c2ccccc2-c2ccccc2-c2ccc3c4ccccc4n(-c4cccc5c4-c4ccccc4C5(c4ccccc4)c4ccccc4)c3c2)c2cccc3ccccc23)cc1. The number of hydrogen-bond donors (Lipinski definition) is 0. The van der Waals surface area contributed by atoms with Gasteiger partial charge in [0.05, 0.1) is 33.5 Å². The summed E-state index contributed by atoms with van der Waals surface area (Å²) in [7, 11) is 0. The monoisotopic (exact) mass is 852 g/mol. The van der Waals surface area contributed by atoms with Gasteiger partial charge in [-0.05, 0) is 92.4 Å². The normalized spacial score (nSPS) is 12.6. The number of fused-ring (bicyclic) bond motifs is 7. The number of nitrogens with zero attached hydrogens (tertiary/aromatic N) is 2. The first kappa shape index (κ1) is 38.7. The maximum Gasteiger partial charge on any atom is 0.0714 e. The summed E-state index contributed by atoms with van der Waals surface area (Å²) in [6.45, 7) is 0. The standard InChI is InChI=1S/C65H44N2/c1-4-24-47(25-5-1)65(48-26-6-2-7-27-48)57-36-17-14-35-56(57)64-58(65)37-21-41-62(64)67-61-39-19-16-34-54(61)55-43-42-46(44-63(55)67)50-30-12-13-32-52(50)53-33-15-18-38-60(53)66(49-28-8-3-9-29-49)59-40-20-23-45-22-10-11-31-51(45)59/h1-44H. The molecule has 2 nitrogen and oxygen atoms in total. The lowest BCUT2D eigenvalue weighted by molar-refractivity contribution is 0.768. The van der Waals surface area contributed by atoms with Crippen LogP contribution in [0, 0.1) is 0 Å². The van der Waals surface area contributed by atoms with Crippen LogP contribution in [0.4, 0.5) is 17.1 Å². The lowest BCUT2D eigenvalue weighted by Gasteiger charge is -2.34. The Hall–Kier alpha value is -8.72. The van der Waals surface area contributed by atoms with E-state index >= 15 is 0 Å². The lowest BCUT2D eigenvalue weighted by atomic mass is 9.68. The largest absolute Gasteiger partial charge is 0.309 e. The lowest BCUT2D eigenvalue weighted by Crippen LogP contribution is -2.28. The van der Waals surface area contributed by atoms with Crippen LogP contribution < -0.4 is 4.90 Å². The van der Waals surface area contributed by atoms with Gasteiger partial charge in [-0.3, -0.25) is 0 Å². The molecular weight excluding hydrogens is 809 g/mol. The zero-order valence-electron chi connectivity index (χ0n) is 36.8. The Labute approximate surface area is 390 Å². The molecule has 1 aliphatic rings. The second kappa shape index (κ2) is 15.8. The average Bonchev–Trinajstić information content (AvgIpc) is 3.90. The van der Waals surface area contributed by atoms with Gasteiger partial charge in [0.1, 0.15) is 0 Å². The van der Waals surface area contributed by atoms with E-state index in [2.05, 4.69) is 276 Å². The summed E-state index contributed by atoms with van der Waals surface area (Å²) in [6.07, 6.45) is 0. The molecule has 1 aromatic heterocycles. The van der Waals surface area contributed by atoms with Gasteiger partial charge in [0.25, 0.3) is 0 Å². The van der Waals surface area contributed by atoms with Crippen LogP contribution in [-0.4, -0.2) is 4.57 Å². The maximum absolute atomic E-state index is 2.53. The first-order chi connectivity index (χ1) is 33.3. The topological polar surface area (TPSA) is 8.17 Å². The minimum absolute atomic E-state index is 0.500. The first-order valence-corrected chi connectivity index (χ1v) is 23.2. The van der Waals surface area contributed by atoms with E-state index in [9.17, 15) is 0 Å². The summed E-state index contributed by atoms with van der Waals surface area (Å²) < 4.78 is 2.53. The Kier molecular flexibility index (Phi) is 9.11. The molecule has 0 aliphatic heterocycles. The van der Waals surface area contributed by atoms with Crippen molar-refractivity contribution in [1.29, 1.82) is 0 Å². The zero-order chi connectivity index (χ0) is 44.3. The van der Waals surface area contributed by atoms with Gasteiger partial charge in [0, 0.05) is 33.0 Å². The second-order valence-corrected chi connectivity index (χ2v) is 17.5. The molecule has 0 unspecified atom stereocenters. The Morgan fingerprint density at radius 1 is 0.328 bits per heavy atom. The van der Waals surface area contributed by atoms with Gasteiger partial charge >= 0.3 is 0 Å². The molecule has 0 N–H and O–H groups in total. The average molecular weight is 853 g/mol. The van der Waals surface area contributed by atoms with Gasteiger partial charge in [-0.1, -0.05) is 224 Å². The molecule has 11 aromatic carbocycles. The summed E-state index contributed by atoms with van der Waals surface area (Å²) in [4.78, 5) is 2.42. The van der Waals surface area contributed by atoms with Crippen molar-refractivity contribution in [3.05, 3.63) is 289 Å². The molecule has 12 aromatic rings. The summed E-state index contributed by atoms with van der Waals surface area (Å²) in [5.74, 6) is 0. The molecule has 0 saturated heterocycles. The molecule has 0 saturated carbocycles. The molecule has 2 heteroatoms. The third kappa shape index (κ3) is 5.97. The fraction of sp³-hybridized carbons (Fsp3) is 0.0154. The smallest absolute Gasteiger partial charge is 0.0714 e. The Balaban J connectivity index is 1.04. The van der Waals surface area contributed by atoms with Crippen LogP contribution in [-0.2, 0) is 5.41 Å². The van der Waals surface area contributed by atoms with Crippen LogP contribution >= 0.6 is 0 Å². The Bertz CT molecular complexity index is 3770. The molecule has 0 atom stereocenters. The molecule has 0 spiro atoms. The fourth-order valence-electron chi connectivity index (χ4n) is 11.3. The van der Waals surface area contributed by atoms with Gasteiger partial charge in [-0.15, -0.1) is 0 Å². The van der Waals surface area contributed by atoms with E-state index in [1.54, 1.807) is 0 Å². The highest BCUT2D eigenvalue weighted by molar-refractivity contribution is 6.12. The predicted octanol–water partition coefficient (Wildman–Crippen LogP) is 17.1. The maximum atomic E-state index is 2.53. The Morgan fingerprint density at radius 3 is 1.64 bits per heavy atom. The number of para-hydroxylation sites is 3. The van der Waals surface area contributed by atoms with Crippen molar-refractivity contribution in [2.45, 2.75) is 5.41 Å². The minimum atomic E-state index is -0.500. The van der Waals surface area contributed by atoms with Crippen LogP contribution in [0.2, 0.25) is 0 Å². The van der Waals surface area contributed by atoms with Crippen LogP contribution in [0.15, 0.2) is 267 Å². The van der Waals surface area contributed by atoms with Crippen molar-refractivity contribution in [1.82, 2.24) is 4.57 Å². The Morgan fingerprint density at radius 2 is 0.866 bits per heavy atom. The number of rotatable bonds is 8. The molecule has 0 radical (unpaired) electrons. The van der Waals surface area contributed by atoms with Crippen molar-refractivity contribution < 1.29 is 0 Å². The van der Waals surface area contributed by atoms with E-state index < -0.39 is 5.41 Å². The van der Waals surface area contributed by atoms with E-state index in [0.717, 1.165) is 28.2 Å². The molecule has 67 heavy (non-hydrogen) atoms. The number of aromatic nitrogens is 1. The fourth-order valence-corrected chi connectivity index (χ4v) is 11.3. The number of benzene rings is 11. The van der Waals surface area contributed by atoms with Crippen molar-refractivity contribution in [2.24, 2.45) is 0 Å². The van der Waals surface area contributed by atoms with Crippen molar-refractivity contribution in [3.8, 4) is 39.1 Å². The van der Waals surface area contributed by atoms with Gasteiger partial charge in [-0.2, -0.15) is 0 Å². The first-order valence-electron chi connectivity index (χ1n) is 23.2. The highest BCUT2D eigenvalue weighted by Crippen LogP contribution is 2.58. The van der Waals surface area contributed by atoms with Gasteiger partial charge in [0.15, 0.2) is 0 Å². The van der Waals surface area contributed by atoms with Gasteiger partial charge in [-0.25, -0.2) is 0 Å². The summed E-state index contributed by atoms with van der Waals surface area (Å²) >= 11 is 0. The van der Waals surface area contributed by atoms with Crippen LogP contribution in [0.3, 0.4) is 0 Å². The van der Waals surface area contributed by atoms with Gasteiger partial charge < -0.3 is 9.47 Å². The highest BCUT2D eigenvalue weighted by Gasteiger charge is 2.47. The van der Waals surface area contributed by atoms with Crippen molar-refractivity contribution in [2.75, 3.05) is 4.90 Å². The highest BCUT2D eigenvalue weighted by atomic mass is 15.1. The van der Waals surface area contributed by atoms with E-state index in [1.165, 1.54) is 82.8 Å². The minimum Gasteiger partial charge on any atom is -0.309 e. The number of hydrogen-bond acceptors (Lipinski definition) is 1. The van der Waals surface area contributed by atoms with E-state index in [-0.39, 0.29) is 0 Å². The zero-order valence-corrected chi connectivity index (χ0v) is 36.8. The molecule has 13 rings (SSSR count). The van der Waals surface area contributed by atoms with Crippen LogP contribution in [0.25, 0.3) is 71.6 Å². The third-order valence-corrected chi connectivity index (χ3v) is 14.1. The van der Waals surface area contributed by atoms with Crippen molar-refractivity contribution >= 4 is 49.6 Å². The molecule has 0 amide bonds. The molecule has 0 bridgehead atoms. The van der Waals surface area contributed by atoms with Gasteiger partial charge in [0.2, 0.25) is 0 Å². The molecule has 314 valence electrons. The van der Waals surface area contributed by atoms with Crippen LogP contribution in [0.5, 0.6) is 0 Å². The number of anilines is 3. The van der Waals surface area contributed by atoms with Crippen molar-refractivity contribution in [3.63, 3.8) is 0 Å². The summed E-state index contributed by atoms with van der Waals surface area (Å²) in [5, 5.41) is 4.87. The second-order valence-electron chi connectivity index (χ2n) is 17.5.